The van der Waals surface area contributed by atoms with Crippen molar-refractivity contribution >= 4 is 34.8 Å². The van der Waals surface area contributed by atoms with Gasteiger partial charge in [-0.3, -0.25) is 9.59 Å². The molecule has 0 aliphatic carbocycles. The maximum atomic E-state index is 12.6. The standard InChI is InChI=1S/C22H19ClN2O4/c1-12-5-14(9-17(26)7-12)21(28)24-19-4-3-16(23)11-20(19)25-22(29)15-6-13(2)8-18(27)10-15/h3-11,26-27H,1-2H3,(H,24,28)(H,25,29). The molecule has 0 heterocycles. The topological polar surface area (TPSA) is 98.7 Å². The van der Waals surface area contributed by atoms with Crippen molar-refractivity contribution in [3.05, 3.63) is 81.9 Å². The van der Waals surface area contributed by atoms with Crippen LogP contribution < -0.4 is 10.6 Å². The molecular formula is C22H19ClN2O4. The normalized spacial score (nSPS) is 10.4. The Kier molecular flexibility index (Phi) is 5.75. The van der Waals surface area contributed by atoms with E-state index in [4.69, 9.17) is 11.6 Å². The van der Waals surface area contributed by atoms with E-state index < -0.39 is 11.8 Å². The van der Waals surface area contributed by atoms with E-state index in [1.165, 1.54) is 18.2 Å². The maximum Gasteiger partial charge on any atom is 0.255 e. The summed E-state index contributed by atoms with van der Waals surface area (Å²) in [5, 5.41) is 25.2. The minimum Gasteiger partial charge on any atom is -0.508 e. The van der Waals surface area contributed by atoms with Gasteiger partial charge in [0.15, 0.2) is 0 Å². The van der Waals surface area contributed by atoms with Crippen LogP contribution in [-0.2, 0) is 0 Å². The first kappa shape index (κ1) is 20.2. The van der Waals surface area contributed by atoms with E-state index in [9.17, 15) is 19.8 Å². The van der Waals surface area contributed by atoms with Gasteiger partial charge in [-0.15, -0.1) is 0 Å². The fourth-order valence-electron chi connectivity index (χ4n) is 2.91. The van der Waals surface area contributed by atoms with Gasteiger partial charge in [-0.25, -0.2) is 0 Å². The summed E-state index contributed by atoms with van der Waals surface area (Å²) in [6.07, 6.45) is 0. The third kappa shape index (κ3) is 5.06. The van der Waals surface area contributed by atoms with Crippen molar-refractivity contribution in [2.45, 2.75) is 13.8 Å². The summed E-state index contributed by atoms with van der Waals surface area (Å²) in [5.74, 6) is -0.946. The number of halogens is 1. The van der Waals surface area contributed by atoms with Crippen LogP contribution in [0.25, 0.3) is 0 Å². The SMILES string of the molecule is Cc1cc(O)cc(C(=O)Nc2ccc(Cl)cc2NC(=O)c2cc(C)cc(O)c2)c1. The van der Waals surface area contributed by atoms with Crippen molar-refractivity contribution < 1.29 is 19.8 Å². The van der Waals surface area contributed by atoms with Crippen LogP contribution in [0.5, 0.6) is 11.5 Å². The molecule has 0 unspecified atom stereocenters. The second kappa shape index (κ2) is 8.24. The van der Waals surface area contributed by atoms with Crippen LogP contribution in [0.1, 0.15) is 31.8 Å². The highest BCUT2D eigenvalue weighted by molar-refractivity contribution is 6.31. The maximum absolute atomic E-state index is 12.6. The van der Waals surface area contributed by atoms with Gasteiger partial charge in [0.05, 0.1) is 11.4 Å². The Balaban J connectivity index is 1.87. The number of hydrogen-bond donors (Lipinski definition) is 4. The lowest BCUT2D eigenvalue weighted by Gasteiger charge is -2.14. The number of anilines is 2. The first-order valence-corrected chi connectivity index (χ1v) is 9.12. The number of hydrogen-bond acceptors (Lipinski definition) is 4. The van der Waals surface area contributed by atoms with Crippen LogP contribution in [0, 0.1) is 13.8 Å². The average Bonchev–Trinajstić information content (AvgIpc) is 2.62. The molecule has 148 valence electrons. The monoisotopic (exact) mass is 410 g/mol. The molecule has 29 heavy (non-hydrogen) atoms. The Bertz CT molecular complexity index is 1070. The van der Waals surface area contributed by atoms with Crippen LogP contribution >= 0.6 is 11.6 Å². The van der Waals surface area contributed by atoms with Crippen molar-refractivity contribution in [2.24, 2.45) is 0 Å². The highest BCUT2D eigenvalue weighted by atomic mass is 35.5. The van der Waals surface area contributed by atoms with E-state index in [1.54, 1.807) is 50.2 Å². The highest BCUT2D eigenvalue weighted by Crippen LogP contribution is 2.28. The molecule has 0 radical (unpaired) electrons. The zero-order valence-electron chi connectivity index (χ0n) is 15.8. The number of phenolic OH excluding ortho intramolecular Hbond substituents is 2. The van der Waals surface area contributed by atoms with Crippen molar-refractivity contribution in [3.63, 3.8) is 0 Å². The van der Waals surface area contributed by atoms with E-state index in [-0.39, 0.29) is 22.6 Å². The summed E-state index contributed by atoms with van der Waals surface area (Å²) in [4.78, 5) is 25.2. The van der Waals surface area contributed by atoms with Crippen molar-refractivity contribution in [1.82, 2.24) is 0 Å². The molecule has 7 heteroatoms. The highest BCUT2D eigenvalue weighted by Gasteiger charge is 2.14. The van der Waals surface area contributed by atoms with Gasteiger partial charge in [-0.2, -0.15) is 0 Å². The molecule has 0 saturated carbocycles. The molecule has 3 rings (SSSR count). The average molecular weight is 411 g/mol. The third-order valence-corrected chi connectivity index (χ3v) is 4.36. The number of nitrogens with one attached hydrogen (secondary N) is 2. The van der Waals surface area contributed by atoms with Gasteiger partial charge in [0.2, 0.25) is 0 Å². The smallest absolute Gasteiger partial charge is 0.255 e. The van der Waals surface area contributed by atoms with Crippen LogP contribution in [0.4, 0.5) is 11.4 Å². The lowest BCUT2D eigenvalue weighted by Crippen LogP contribution is -2.17. The van der Waals surface area contributed by atoms with Crippen LogP contribution in [-0.4, -0.2) is 22.0 Å². The largest absolute Gasteiger partial charge is 0.508 e. The number of phenols is 2. The van der Waals surface area contributed by atoms with Crippen molar-refractivity contribution in [2.75, 3.05) is 10.6 Å². The van der Waals surface area contributed by atoms with E-state index >= 15 is 0 Å². The zero-order chi connectivity index (χ0) is 21.1. The van der Waals surface area contributed by atoms with Crippen LogP contribution in [0.15, 0.2) is 54.6 Å². The molecule has 0 bridgehead atoms. The minimum absolute atomic E-state index is 0.0148. The summed E-state index contributed by atoms with van der Waals surface area (Å²) in [5.41, 5.74) is 2.65. The quantitative estimate of drug-likeness (QED) is 0.493. The van der Waals surface area contributed by atoms with E-state index in [0.29, 0.717) is 16.4 Å². The van der Waals surface area contributed by atoms with Crippen molar-refractivity contribution in [1.29, 1.82) is 0 Å². The molecule has 3 aromatic carbocycles. The Morgan fingerprint density at radius 3 is 1.69 bits per heavy atom. The summed E-state index contributed by atoms with van der Waals surface area (Å²) in [7, 11) is 0. The second-order valence-electron chi connectivity index (χ2n) is 6.71. The molecule has 0 fully saturated rings. The predicted octanol–water partition coefficient (Wildman–Crippen LogP) is 4.87. The fraction of sp³-hybridized carbons (Fsp3) is 0.0909. The van der Waals surface area contributed by atoms with Crippen molar-refractivity contribution in [3.8, 4) is 11.5 Å². The molecule has 0 saturated heterocycles. The number of aryl methyl sites for hydroxylation is 2. The molecule has 0 aromatic heterocycles. The lowest BCUT2D eigenvalue weighted by atomic mass is 10.1. The van der Waals surface area contributed by atoms with Gasteiger partial charge in [0.25, 0.3) is 11.8 Å². The first-order chi connectivity index (χ1) is 13.7. The summed E-state index contributed by atoms with van der Waals surface area (Å²) < 4.78 is 0. The Morgan fingerprint density at radius 1 is 0.724 bits per heavy atom. The van der Waals surface area contributed by atoms with E-state index in [1.807, 2.05) is 0 Å². The summed E-state index contributed by atoms with van der Waals surface area (Å²) in [6, 6.07) is 13.7. The minimum atomic E-state index is -0.463. The number of aromatic hydroxyl groups is 2. The Hall–Kier alpha value is -3.51. The number of amides is 2. The van der Waals surface area contributed by atoms with Gasteiger partial charge in [-0.1, -0.05) is 11.6 Å². The molecule has 4 N–H and O–H groups in total. The molecule has 6 nitrogen and oxygen atoms in total. The number of rotatable bonds is 4. The van der Waals surface area contributed by atoms with E-state index in [0.717, 1.165) is 11.1 Å². The first-order valence-electron chi connectivity index (χ1n) is 8.75. The predicted molar refractivity (Wildman–Crippen MR) is 113 cm³/mol. The summed E-state index contributed by atoms with van der Waals surface area (Å²) in [6.45, 7) is 3.53. The Labute approximate surface area is 172 Å². The fourth-order valence-corrected chi connectivity index (χ4v) is 3.08. The second-order valence-corrected chi connectivity index (χ2v) is 7.15. The molecule has 0 aliphatic rings. The molecule has 0 aliphatic heterocycles. The molecule has 3 aromatic rings. The molecular weight excluding hydrogens is 392 g/mol. The van der Waals surface area contributed by atoms with Gasteiger partial charge in [0, 0.05) is 16.1 Å². The van der Waals surface area contributed by atoms with Gasteiger partial charge < -0.3 is 20.8 Å². The van der Waals surface area contributed by atoms with Crippen LogP contribution in [0.3, 0.4) is 0 Å². The van der Waals surface area contributed by atoms with Gasteiger partial charge in [-0.05, 0) is 79.6 Å². The molecule has 2 amide bonds. The lowest BCUT2D eigenvalue weighted by molar-refractivity contribution is 0.101. The van der Waals surface area contributed by atoms with Gasteiger partial charge >= 0.3 is 0 Å². The number of carbonyl (C=O) groups is 2. The number of benzene rings is 3. The third-order valence-electron chi connectivity index (χ3n) is 4.13. The Morgan fingerprint density at radius 2 is 1.21 bits per heavy atom. The summed E-state index contributed by atoms with van der Waals surface area (Å²) >= 11 is 6.05. The number of carbonyl (C=O) groups excluding carboxylic acids is 2. The zero-order valence-corrected chi connectivity index (χ0v) is 16.5. The molecule has 0 spiro atoms. The molecule has 0 atom stereocenters. The van der Waals surface area contributed by atoms with Gasteiger partial charge in [0.1, 0.15) is 11.5 Å². The van der Waals surface area contributed by atoms with Crippen LogP contribution in [0.2, 0.25) is 5.02 Å². The van der Waals surface area contributed by atoms with E-state index in [2.05, 4.69) is 10.6 Å².